The van der Waals surface area contributed by atoms with E-state index in [4.69, 9.17) is 5.84 Å². The van der Waals surface area contributed by atoms with Crippen molar-refractivity contribution in [1.82, 2.24) is 5.43 Å². The highest BCUT2D eigenvalue weighted by Gasteiger charge is 1.88. The molecule has 0 aromatic heterocycles. The van der Waals surface area contributed by atoms with Crippen LogP contribution in [-0.4, -0.2) is 5.91 Å². The zero-order chi connectivity index (χ0) is 8.81. The average Bonchev–Trinajstić information content (AvgIpc) is 2.16. The van der Waals surface area contributed by atoms with Crippen LogP contribution in [0.15, 0.2) is 30.3 Å². The molecular formula is C9H9N2O. The smallest absolute Gasteiger partial charge is 0.257 e. The van der Waals surface area contributed by atoms with Gasteiger partial charge in [-0.05, 0) is 17.7 Å². The van der Waals surface area contributed by atoms with Gasteiger partial charge in [-0.3, -0.25) is 10.2 Å². The quantitative estimate of drug-likeness (QED) is 0.287. The number of carbonyl (C=O) groups excluding carboxylic acids is 1. The van der Waals surface area contributed by atoms with Crippen LogP contribution in [0.5, 0.6) is 0 Å². The minimum absolute atomic E-state index is 0.327. The maximum atomic E-state index is 10.6. The molecule has 0 saturated carbocycles. The highest BCUT2D eigenvalue weighted by molar-refractivity contribution is 5.91. The topological polar surface area (TPSA) is 55.1 Å². The predicted molar refractivity (Wildman–Crippen MR) is 46.6 cm³/mol. The maximum absolute atomic E-state index is 10.6. The number of hydrogen-bond donors (Lipinski definition) is 2. The lowest BCUT2D eigenvalue weighted by Crippen LogP contribution is -2.27. The Bertz CT molecular complexity index is 280. The first-order valence-electron chi connectivity index (χ1n) is 3.48. The fraction of sp³-hybridized carbons (Fsp3) is 0. The molecule has 61 valence electrons. The van der Waals surface area contributed by atoms with Gasteiger partial charge in [-0.2, -0.15) is 0 Å². The van der Waals surface area contributed by atoms with Gasteiger partial charge in [-0.1, -0.05) is 24.3 Å². The molecule has 3 N–H and O–H groups in total. The molecule has 0 aliphatic carbocycles. The van der Waals surface area contributed by atoms with Gasteiger partial charge in [0.1, 0.15) is 0 Å². The average molecular weight is 161 g/mol. The first kappa shape index (κ1) is 8.49. The molecule has 0 heterocycles. The fourth-order valence-electron chi connectivity index (χ4n) is 0.724. The van der Waals surface area contributed by atoms with Crippen molar-refractivity contribution in [1.29, 1.82) is 0 Å². The normalized spacial score (nSPS) is 10.1. The molecule has 0 spiro atoms. The summed E-state index contributed by atoms with van der Waals surface area (Å²) in [6.07, 6.45) is 2.99. The number of nitrogens with one attached hydrogen (secondary N) is 1. The number of hydrazine groups is 1. The van der Waals surface area contributed by atoms with Gasteiger partial charge in [0.25, 0.3) is 5.91 Å². The van der Waals surface area contributed by atoms with E-state index in [0.29, 0.717) is 0 Å². The highest BCUT2D eigenvalue weighted by atomic mass is 16.2. The van der Waals surface area contributed by atoms with Crippen LogP contribution in [0, 0.1) is 6.07 Å². The molecule has 12 heavy (non-hydrogen) atoms. The van der Waals surface area contributed by atoms with Gasteiger partial charge in [0.15, 0.2) is 0 Å². The van der Waals surface area contributed by atoms with Crippen LogP contribution in [0.3, 0.4) is 0 Å². The van der Waals surface area contributed by atoms with E-state index in [1.807, 2.05) is 23.6 Å². The van der Waals surface area contributed by atoms with E-state index in [1.165, 1.54) is 6.08 Å². The summed E-state index contributed by atoms with van der Waals surface area (Å²) in [5.41, 5.74) is 2.84. The minimum atomic E-state index is -0.327. The largest absolute Gasteiger partial charge is 0.291 e. The van der Waals surface area contributed by atoms with E-state index >= 15 is 0 Å². The predicted octanol–water partition coefficient (Wildman–Crippen LogP) is 0.490. The molecule has 0 atom stereocenters. The van der Waals surface area contributed by atoms with E-state index in [-0.39, 0.29) is 5.91 Å². The van der Waals surface area contributed by atoms with Crippen molar-refractivity contribution in [2.45, 2.75) is 0 Å². The van der Waals surface area contributed by atoms with Crippen LogP contribution in [0.2, 0.25) is 0 Å². The molecule has 0 aliphatic rings. The van der Waals surface area contributed by atoms with E-state index in [9.17, 15) is 4.79 Å². The lowest BCUT2D eigenvalue weighted by Gasteiger charge is -1.90. The van der Waals surface area contributed by atoms with Crippen molar-refractivity contribution in [2.75, 3.05) is 0 Å². The summed E-state index contributed by atoms with van der Waals surface area (Å²) in [7, 11) is 0. The van der Waals surface area contributed by atoms with Gasteiger partial charge < -0.3 is 0 Å². The molecule has 3 nitrogen and oxygen atoms in total. The third kappa shape index (κ3) is 2.56. The second-order valence-corrected chi connectivity index (χ2v) is 2.16. The molecule has 0 aliphatic heterocycles. The monoisotopic (exact) mass is 161 g/mol. The lowest BCUT2D eigenvalue weighted by atomic mass is 10.2. The van der Waals surface area contributed by atoms with Gasteiger partial charge in [-0.25, -0.2) is 5.84 Å². The Morgan fingerprint density at radius 3 is 3.00 bits per heavy atom. The van der Waals surface area contributed by atoms with Crippen molar-refractivity contribution in [2.24, 2.45) is 5.84 Å². The summed E-state index contributed by atoms with van der Waals surface area (Å²) in [6, 6.07) is 10.3. The second-order valence-electron chi connectivity index (χ2n) is 2.16. The lowest BCUT2D eigenvalue weighted by molar-refractivity contribution is -0.116. The third-order valence-corrected chi connectivity index (χ3v) is 1.29. The molecule has 1 rings (SSSR count). The molecule has 0 unspecified atom stereocenters. The molecule has 0 saturated heterocycles. The Kier molecular flexibility index (Phi) is 3.04. The second kappa shape index (κ2) is 4.31. The van der Waals surface area contributed by atoms with Gasteiger partial charge in [0.05, 0.1) is 0 Å². The summed E-state index contributed by atoms with van der Waals surface area (Å²) < 4.78 is 0. The van der Waals surface area contributed by atoms with Crippen molar-refractivity contribution in [3.05, 3.63) is 42.0 Å². The molecule has 1 aromatic carbocycles. The number of carbonyl (C=O) groups is 1. The number of benzene rings is 1. The fourth-order valence-corrected chi connectivity index (χ4v) is 0.724. The highest BCUT2D eigenvalue weighted by Crippen LogP contribution is 1.98. The molecule has 0 fully saturated rings. The van der Waals surface area contributed by atoms with Gasteiger partial charge in [-0.15, -0.1) is 0 Å². The zero-order valence-corrected chi connectivity index (χ0v) is 6.45. The Hall–Kier alpha value is -1.61. The summed E-state index contributed by atoms with van der Waals surface area (Å²) in [6.45, 7) is 0. The Labute approximate surface area is 70.9 Å². The van der Waals surface area contributed by atoms with E-state index in [0.717, 1.165) is 5.56 Å². The zero-order valence-electron chi connectivity index (χ0n) is 6.45. The summed E-state index contributed by atoms with van der Waals surface area (Å²) in [5.74, 6) is 4.55. The van der Waals surface area contributed by atoms with E-state index < -0.39 is 0 Å². The van der Waals surface area contributed by atoms with Crippen molar-refractivity contribution in [3.8, 4) is 0 Å². The van der Waals surface area contributed by atoms with E-state index in [2.05, 4.69) is 6.07 Å². The Morgan fingerprint density at radius 1 is 1.58 bits per heavy atom. The van der Waals surface area contributed by atoms with Crippen molar-refractivity contribution < 1.29 is 4.79 Å². The van der Waals surface area contributed by atoms with Crippen LogP contribution < -0.4 is 11.3 Å². The molecule has 1 radical (unpaired) electrons. The van der Waals surface area contributed by atoms with Gasteiger partial charge >= 0.3 is 0 Å². The maximum Gasteiger partial charge on any atom is 0.257 e. The van der Waals surface area contributed by atoms with Crippen LogP contribution in [0.1, 0.15) is 5.56 Å². The molecular weight excluding hydrogens is 152 g/mol. The molecule has 3 heteroatoms. The minimum Gasteiger partial charge on any atom is -0.291 e. The van der Waals surface area contributed by atoms with Crippen molar-refractivity contribution >= 4 is 12.0 Å². The Morgan fingerprint density at radius 2 is 2.42 bits per heavy atom. The number of rotatable bonds is 2. The first-order chi connectivity index (χ1) is 5.83. The van der Waals surface area contributed by atoms with Gasteiger partial charge in [0, 0.05) is 6.08 Å². The van der Waals surface area contributed by atoms with Crippen molar-refractivity contribution in [3.63, 3.8) is 0 Å². The van der Waals surface area contributed by atoms with Crippen LogP contribution in [0.4, 0.5) is 0 Å². The molecule has 1 amide bonds. The summed E-state index contributed by atoms with van der Waals surface area (Å²) >= 11 is 0. The van der Waals surface area contributed by atoms with E-state index in [1.54, 1.807) is 12.1 Å². The molecule has 0 bridgehead atoms. The van der Waals surface area contributed by atoms with Gasteiger partial charge in [0.2, 0.25) is 0 Å². The van der Waals surface area contributed by atoms with Crippen LogP contribution in [0.25, 0.3) is 6.08 Å². The van der Waals surface area contributed by atoms with Crippen LogP contribution in [-0.2, 0) is 4.79 Å². The number of hydrogen-bond acceptors (Lipinski definition) is 2. The third-order valence-electron chi connectivity index (χ3n) is 1.29. The Balaban J connectivity index is 2.64. The molecule has 1 aromatic rings. The van der Waals surface area contributed by atoms with Crippen LogP contribution >= 0.6 is 0 Å². The SMILES string of the molecule is NNC(=O)/C=C/c1[c]cccc1. The standard InChI is InChI=1S/C9H9N2O/c10-11-9(12)7-6-8-4-2-1-3-5-8/h1-4,6-7H,10H2,(H,11,12)/b7-6+. The number of amides is 1. The summed E-state index contributed by atoms with van der Waals surface area (Å²) in [4.78, 5) is 10.6. The number of nitrogens with two attached hydrogens (primary N) is 1. The summed E-state index contributed by atoms with van der Waals surface area (Å²) in [5, 5.41) is 0. The first-order valence-corrected chi connectivity index (χ1v) is 3.48.